The van der Waals surface area contributed by atoms with Gasteiger partial charge in [0.1, 0.15) is 47.7 Å². The average molecular weight is 739 g/mol. The van der Waals surface area contributed by atoms with Gasteiger partial charge in [-0.15, -0.1) is 0 Å². The van der Waals surface area contributed by atoms with Crippen molar-refractivity contribution in [2.24, 2.45) is 0 Å². The molecular weight excluding hydrogens is 701 g/mol. The fourth-order valence-corrected chi connectivity index (χ4v) is 5.94. The molecule has 0 bridgehead atoms. The average Bonchev–Trinajstić information content (AvgIpc) is 3.23. The minimum atomic E-state index is -0.190. The predicted octanol–water partition coefficient (Wildman–Crippen LogP) is 11.4. The van der Waals surface area contributed by atoms with E-state index in [1.54, 1.807) is 66.7 Å². The second kappa shape index (κ2) is 16.8. The van der Waals surface area contributed by atoms with Crippen LogP contribution in [0.4, 0.5) is 0 Å². The van der Waals surface area contributed by atoms with E-state index in [9.17, 15) is 9.59 Å². The highest BCUT2D eigenvalue weighted by atomic mass is 16.5. The van der Waals surface area contributed by atoms with Crippen LogP contribution in [0.3, 0.4) is 0 Å². The summed E-state index contributed by atoms with van der Waals surface area (Å²) in [5.74, 6) is 3.37. The number of Topliss-reactive ketones (excluding diaryl/α,β-unsaturated/α-hetero) is 1. The van der Waals surface area contributed by atoms with Gasteiger partial charge in [0, 0.05) is 33.9 Å². The van der Waals surface area contributed by atoms with Crippen molar-refractivity contribution < 1.29 is 28.5 Å². The van der Waals surface area contributed by atoms with E-state index in [-0.39, 0.29) is 11.6 Å². The normalized spacial score (nSPS) is 10.8. The van der Waals surface area contributed by atoms with E-state index in [4.69, 9.17) is 28.9 Å². The maximum atomic E-state index is 13.5. The molecule has 0 saturated carbocycles. The molecule has 0 radical (unpaired) electrons. The third-order valence-electron chi connectivity index (χ3n) is 8.81. The van der Waals surface area contributed by atoms with Gasteiger partial charge in [0.2, 0.25) is 0 Å². The van der Waals surface area contributed by atoms with Crippen molar-refractivity contribution in [1.82, 2.24) is 9.97 Å². The molecule has 0 saturated heterocycles. The monoisotopic (exact) mass is 738 g/mol. The molecule has 0 spiro atoms. The molecule has 8 heteroatoms. The van der Waals surface area contributed by atoms with Gasteiger partial charge < -0.3 is 18.9 Å². The molecule has 7 aromatic rings. The van der Waals surface area contributed by atoms with Crippen molar-refractivity contribution in [3.05, 3.63) is 181 Å². The van der Waals surface area contributed by atoms with Crippen LogP contribution in [0.15, 0.2) is 159 Å². The highest BCUT2D eigenvalue weighted by Crippen LogP contribution is 2.35. The number of rotatable bonds is 15. The molecule has 0 aliphatic carbocycles. The lowest BCUT2D eigenvalue weighted by molar-refractivity contribution is 0.101. The highest BCUT2D eigenvalue weighted by molar-refractivity contribution is 6.09. The molecule has 0 aliphatic heterocycles. The van der Waals surface area contributed by atoms with Gasteiger partial charge in [-0.25, -0.2) is 9.97 Å². The molecule has 6 aromatic carbocycles. The van der Waals surface area contributed by atoms with Crippen molar-refractivity contribution in [2.75, 3.05) is 13.2 Å². The first-order valence-corrected chi connectivity index (χ1v) is 18.0. The maximum absolute atomic E-state index is 13.5. The van der Waals surface area contributed by atoms with E-state index in [1.807, 2.05) is 85.8 Å². The zero-order chi connectivity index (χ0) is 39.0. The van der Waals surface area contributed by atoms with Gasteiger partial charge in [0.25, 0.3) is 0 Å². The Morgan fingerprint density at radius 1 is 0.518 bits per heavy atom. The smallest absolute Gasteiger partial charge is 0.193 e. The number of aryl methyl sites for hydroxylation is 1. The van der Waals surface area contributed by atoms with Crippen LogP contribution in [0.1, 0.15) is 38.8 Å². The van der Waals surface area contributed by atoms with Gasteiger partial charge in [-0.05, 0) is 129 Å². The van der Waals surface area contributed by atoms with Crippen molar-refractivity contribution >= 4 is 22.6 Å². The SMILES string of the molecule is C=CCOc1cc(OCC=C)cc(C(=O)c2ccc(Oc3ccc(-c4nc5cc(C(C)=O)ccc5nc4-c4ccc(Oc5ccc(C)cc5)cc4)cc3)cc2)c1. The minimum absolute atomic E-state index is 0.0477. The lowest BCUT2D eigenvalue weighted by Crippen LogP contribution is -2.04. The molecule has 1 heterocycles. The van der Waals surface area contributed by atoms with Crippen LogP contribution in [-0.4, -0.2) is 34.7 Å². The summed E-state index contributed by atoms with van der Waals surface area (Å²) in [6.45, 7) is 11.5. The van der Waals surface area contributed by atoms with Crippen LogP contribution in [0.5, 0.6) is 34.5 Å². The van der Waals surface area contributed by atoms with E-state index < -0.39 is 0 Å². The van der Waals surface area contributed by atoms with Gasteiger partial charge in [-0.3, -0.25) is 9.59 Å². The van der Waals surface area contributed by atoms with E-state index in [2.05, 4.69) is 13.2 Å². The van der Waals surface area contributed by atoms with E-state index in [0.29, 0.717) is 81.1 Å². The van der Waals surface area contributed by atoms with Crippen LogP contribution in [0.25, 0.3) is 33.5 Å². The summed E-state index contributed by atoms with van der Waals surface area (Å²) in [6, 6.07) is 40.6. The number of carbonyl (C=O) groups excluding carboxylic acids is 2. The topological polar surface area (TPSA) is 96.8 Å². The zero-order valence-corrected chi connectivity index (χ0v) is 31.0. The largest absolute Gasteiger partial charge is 0.489 e. The number of fused-ring (bicyclic) bond motifs is 1. The number of ketones is 2. The molecule has 56 heavy (non-hydrogen) atoms. The maximum Gasteiger partial charge on any atom is 0.193 e. The number of hydrogen-bond acceptors (Lipinski definition) is 8. The first-order chi connectivity index (χ1) is 27.3. The van der Waals surface area contributed by atoms with Crippen LogP contribution in [0, 0.1) is 6.92 Å². The molecule has 0 fully saturated rings. The Labute approximate surface area is 325 Å². The third kappa shape index (κ3) is 8.72. The summed E-state index contributed by atoms with van der Waals surface area (Å²) >= 11 is 0. The Morgan fingerprint density at radius 3 is 1.45 bits per heavy atom. The number of benzene rings is 6. The van der Waals surface area contributed by atoms with Gasteiger partial charge >= 0.3 is 0 Å². The second-order valence-corrected chi connectivity index (χ2v) is 13.0. The quantitative estimate of drug-likeness (QED) is 0.0757. The summed E-state index contributed by atoms with van der Waals surface area (Å²) < 4.78 is 23.6. The number of aromatic nitrogens is 2. The van der Waals surface area contributed by atoms with E-state index in [0.717, 1.165) is 22.4 Å². The van der Waals surface area contributed by atoms with Gasteiger partial charge in [-0.1, -0.05) is 43.0 Å². The molecule has 0 aliphatic rings. The van der Waals surface area contributed by atoms with Crippen molar-refractivity contribution in [1.29, 1.82) is 0 Å². The summed E-state index contributed by atoms with van der Waals surface area (Å²) in [5.41, 5.74) is 6.91. The summed E-state index contributed by atoms with van der Waals surface area (Å²) in [7, 11) is 0. The molecule has 0 N–H and O–H groups in total. The summed E-state index contributed by atoms with van der Waals surface area (Å²) in [5, 5.41) is 0. The van der Waals surface area contributed by atoms with Crippen LogP contribution in [-0.2, 0) is 0 Å². The standard InChI is InChI=1S/C48H38N2O6/c1-5-25-53-42-27-37(28-43(30-42)54-26-6-2)48(52)35-13-22-41(23-14-35)56-40-20-11-34(12-21-40)47-46(49-44-24-15-36(32(4)51)29-45(44)50-47)33-9-18-39(19-10-33)55-38-16-7-31(3)8-17-38/h5-24,27-30H,1-2,25-26H2,3-4H3. The van der Waals surface area contributed by atoms with Gasteiger partial charge in [-0.2, -0.15) is 0 Å². The molecule has 1 aromatic heterocycles. The Kier molecular flexibility index (Phi) is 11.1. The Morgan fingerprint density at radius 2 is 0.964 bits per heavy atom. The van der Waals surface area contributed by atoms with E-state index in [1.165, 1.54) is 6.92 Å². The summed E-state index contributed by atoms with van der Waals surface area (Å²) in [6.07, 6.45) is 3.27. The molecule has 8 nitrogen and oxygen atoms in total. The molecule has 276 valence electrons. The zero-order valence-electron chi connectivity index (χ0n) is 31.0. The fraction of sp³-hybridized carbons (Fsp3) is 0.0833. The Bertz CT molecular complexity index is 2510. The van der Waals surface area contributed by atoms with Crippen LogP contribution < -0.4 is 18.9 Å². The number of carbonyl (C=O) groups is 2. The van der Waals surface area contributed by atoms with Crippen molar-refractivity contribution in [3.8, 4) is 57.0 Å². The molecule has 7 rings (SSSR count). The first-order valence-electron chi connectivity index (χ1n) is 18.0. The Hall–Kier alpha value is -7.32. The summed E-state index contributed by atoms with van der Waals surface area (Å²) in [4.78, 5) is 35.7. The van der Waals surface area contributed by atoms with Crippen molar-refractivity contribution in [2.45, 2.75) is 13.8 Å². The highest BCUT2D eigenvalue weighted by Gasteiger charge is 2.17. The molecule has 0 amide bonds. The second-order valence-electron chi connectivity index (χ2n) is 13.0. The lowest BCUT2D eigenvalue weighted by Gasteiger charge is -2.13. The number of nitrogens with zero attached hydrogens (tertiary/aromatic N) is 2. The predicted molar refractivity (Wildman–Crippen MR) is 219 cm³/mol. The number of ether oxygens (including phenoxy) is 4. The van der Waals surface area contributed by atoms with Crippen molar-refractivity contribution in [3.63, 3.8) is 0 Å². The first kappa shape index (κ1) is 37.0. The molecule has 0 unspecified atom stereocenters. The fourth-order valence-electron chi connectivity index (χ4n) is 5.94. The molecular formula is C48H38N2O6. The minimum Gasteiger partial charge on any atom is -0.489 e. The van der Waals surface area contributed by atoms with Crippen LogP contribution in [0.2, 0.25) is 0 Å². The van der Waals surface area contributed by atoms with Gasteiger partial charge in [0.15, 0.2) is 11.6 Å². The van der Waals surface area contributed by atoms with E-state index >= 15 is 0 Å². The van der Waals surface area contributed by atoms with Crippen LogP contribution >= 0.6 is 0 Å². The third-order valence-corrected chi connectivity index (χ3v) is 8.81. The Balaban J connectivity index is 1.13. The molecule has 0 atom stereocenters. The lowest BCUT2D eigenvalue weighted by atomic mass is 10.0. The number of hydrogen-bond donors (Lipinski definition) is 0. The van der Waals surface area contributed by atoms with Gasteiger partial charge in [0.05, 0.1) is 22.4 Å².